The first-order valence-corrected chi connectivity index (χ1v) is 9.06. The lowest BCUT2D eigenvalue weighted by Gasteiger charge is -2.20. The molecule has 2 aromatic carbocycles. The van der Waals surface area contributed by atoms with Crippen molar-refractivity contribution in [3.05, 3.63) is 75.0 Å². The van der Waals surface area contributed by atoms with Crippen LogP contribution in [0.25, 0.3) is 6.08 Å². The van der Waals surface area contributed by atoms with E-state index in [2.05, 4.69) is 23.7 Å². The van der Waals surface area contributed by atoms with Crippen LogP contribution in [0.2, 0.25) is 0 Å². The van der Waals surface area contributed by atoms with Crippen molar-refractivity contribution >= 4 is 29.3 Å². The Bertz CT molecular complexity index is 974. The minimum Gasteiger partial charge on any atom is -0.402 e. The Labute approximate surface area is 163 Å². The maximum atomic E-state index is 12.2. The summed E-state index contributed by atoms with van der Waals surface area (Å²) in [4.78, 5) is 29.3. The zero-order chi connectivity index (χ0) is 20.3. The van der Waals surface area contributed by atoms with Gasteiger partial charge < -0.3 is 9.64 Å². The number of aliphatic imine (C=N–C) groups is 1. The fourth-order valence-corrected chi connectivity index (χ4v) is 3.11. The number of benzene rings is 2. The first kappa shape index (κ1) is 19.3. The number of ether oxygens (including phenoxy) is 1. The quantitative estimate of drug-likeness (QED) is 0.327. The van der Waals surface area contributed by atoms with Crippen LogP contribution < -0.4 is 4.90 Å². The number of rotatable bonds is 6. The summed E-state index contributed by atoms with van der Waals surface area (Å²) in [7, 11) is 0. The van der Waals surface area contributed by atoms with Gasteiger partial charge in [-0.3, -0.25) is 10.1 Å². The van der Waals surface area contributed by atoms with Crippen molar-refractivity contribution in [1.29, 1.82) is 0 Å². The van der Waals surface area contributed by atoms with Crippen molar-refractivity contribution in [2.75, 3.05) is 18.0 Å². The van der Waals surface area contributed by atoms with Gasteiger partial charge in [0, 0.05) is 36.0 Å². The van der Waals surface area contributed by atoms with Gasteiger partial charge in [-0.15, -0.1) is 0 Å². The molecule has 0 saturated heterocycles. The van der Waals surface area contributed by atoms with Crippen LogP contribution in [0.5, 0.6) is 0 Å². The zero-order valence-electron chi connectivity index (χ0n) is 16.0. The molecule has 0 atom stereocenters. The van der Waals surface area contributed by atoms with Crippen LogP contribution in [-0.2, 0) is 9.53 Å². The lowest BCUT2D eigenvalue weighted by Crippen LogP contribution is -2.21. The number of nitrogens with zero attached hydrogens (tertiary/aromatic N) is 3. The summed E-state index contributed by atoms with van der Waals surface area (Å²) in [5, 5.41) is 11.1. The van der Waals surface area contributed by atoms with Gasteiger partial charge in [0.25, 0.3) is 5.69 Å². The molecule has 0 aliphatic carbocycles. The minimum absolute atomic E-state index is 0.0410. The summed E-state index contributed by atoms with van der Waals surface area (Å²) in [6.07, 6.45) is 1.65. The smallest absolute Gasteiger partial charge is 0.363 e. The molecule has 2 aromatic rings. The average Bonchev–Trinajstić information content (AvgIpc) is 3.04. The van der Waals surface area contributed by atoms with Gasteiger partial charge in [-0.25, -0.2) is 9.79 Å². The molecular formula is C21H21N3O4. The molecule has 0 fully saturated rings. The zero-order valence-corrected chi connectivity index (χ0v) is 16.0. The first-order valence-electron chi connectivity index (χ1n) is 9.06. The Hall–Kier alpha value is -3.48. The first-order chi connectivity index (χ1) is 13.4. The highest BCUT2D eigenvalue weighted by atomic mass is 16.6. The van der Waals surface area contributed by atoms with E-state index in [1.54, 1.807) is 25.1 Å². The Morgan fingerprint density at radius 3 is 2.43 bits per heavy atom. The molecule has 7 heteroatoms. The molecule has 0 bridgehead atoms. The summed E-state index contributed by atoms with van der Waals surface area (Å²) in [5.74, 6) is -0.495. The fourth-order valence-electron chi connectivity index (χ4n) is 3.11. The summed E-state index contributed by atoms with van der Waals surface area (Å²) in [6, 6.07) is 12.4. The third-order valence-electron chi connectivity index (χ3n) is 4.68. The third-order valence-corrected chi connectivity index (χ3v) is 4.68. The molecule has 1 aliphatic heterocycles. The van der Waals surface area contributed by atoms with Crippen molar-refractivity contribution < 1.29 is 14.5 Å². The van der Waals surface area contributed by atoms with Gasteiger partial charge in [0.05, 0.1) is 4.92 Å². The number of cyclic esters (lactones) is 1. The number of nitro groups is 1. The van der Waals surface area contributed by atoms with Crippen molar-refractivity contribution in [2.24, 2.45) is 4.99 Å². The summed E-state index contributed by atoms with van der Waals surface area (Å²) in [6.45, 7) is 7.64. The molecule has 0 spiro atoms. The molecular weight excluding hydrogens is 358 g/mol. The van der Waals surface area contributed by atoms with E-state index in [-0.39, 0.29) is 17.3 Å². The van der Waals surface area contributed by atoms with Crippen LogP contribution >= 0.6 is 0 Å². The monoisotopic (exact) mass is 379 g/mol. The molecule has 144 valence electrons. The van der Waals surface area contributed by atoms with E-state index in [1.807, 2.05) is 24.3 Å². The predicted molar refractivity (Wildman–Crippen MR) is 108 cm³/mol. The Morgan fingerprint density at radius 1 is 1.14 bits per heavy atom. The van der Waals surface area contributed by atoms with E-state index >= 15 is 0 Å². The standard InChI is InChI=1S/C21H21N3O4/c1-4-23(5-2)16-11-9-15(10-12-16)13-18-21(25)28-20(22-18)17-7-6-8-19(14(17)3)24(26)27/h6-13H,4-5H2,1-3H3/b18-13-. The minimum atomic E-state index is -0.575. The van der Waals surface area contributed by atoms with Gasteiger partial charge >= 0.3 is 5.97 Å². The van der Waals surface area contributed by atoms with Gasteiger partial charge in [0.15, 0.2) is 5.70 Å². The number of esters is 1. The molecule has 1 aliphatic rings. The average molecular weight is 379 g/mol. The number of hydrogen-bond acceptors (Lipinski definition) is 6. The highest BCUT2D eigenvalue weighted by Crippen LogP contribution is 2.26. The van der Waals surface area contributed by atoms with E-state index in [4.69, 9.17) is 4.74 Å². The Kier molecular flexibility index (Phi) is 5.54. The SMILES string of the molecule is CCN(CC)c1ccc(/C=C2\N=C(c3cccc([N+](=O)[O-])c3C)OC2=O)cc1. The number of hydrogen-bond donors (Lipinski definition) is 0. The second-order valence-electron chi connectivity index (χ2n) is 6.31. The van der Waals surface area contributed by atoms with Crippen LogP contribution in [-0.4, -0.2) is 29.9 Å². The van der Waals surface area contributed by atoms with E-state index in [9.17, 15) is 14.9 Å². The third kappa shape index (κ3) is 3.78. The predicted octanol–water partition coefficient (Wildman–Crippen LogP) is 4.09. The number of anilines is 1. The lowest BCUT2D eigenvalue weighted by atomic mass is 10.1. The fraction of sp³-hybridized carbons (Fsp3) is 0.238. The number of carbonyl (C=O) groups excluding carboxylic acids is 1. The second kappa shape index (κ2) is 8.04. The van der Waals surface area contributed by atoms with E-state index in [0.717, 1.165) is 24.3 Å². The number of carbonyl (C=O) groups is 1. The largest absolute Gasteiger partial charge is 0.402 e. The van der Waals surface area contributed by atoms with Gasteiger partial charge in [0.2, 0.25) is 5.90 Å². The molecule has 3 rings (SSSR count). The van der Waals surface area contributed by atoms with Crippen molar-refractivity contribution in [2.45, 2.75) is 20.8 Å². The van der Waals surface area contributed by atoms with Gasteiger partial charge in [-0.05, 0) is 50.6 Å². The van der Waals surface area contributed by atoms with Crippen LogP contribution in [0.3, 0.4) is 0 Å². The molecule has 0 N–H and O–H groups in total. The highest BCUT2D eigenvalue weighted by molar-refractivity contribution is 6.13. The summed E-state index contributed by atoms with van der Waals surface area (Å²) in [5.41, 5.74) is 2.89. The molecule has 0 unspecified atom stereocenters. The van der Waals surface area contributed by atoms with E-state index in [1.165, 1.54) is 6.07 Å². The second-order valence-corrected chi connectivity index (χ2v) is 6.31. The molecule has 0 amide bonds. The summed E-state index contributed by atoms with van der Waals surface area (Å²) >= 11 is 0. The van der Waals surface area contributed by atoms with Crippen LogP contribution in [0, 0.1) is 17.0 Å². The Morgan fingerprint density at radius 2 is 1.82 bits per heavy atom. The van der Waals surface area contributed by atoms with Crippen LogP contribution in [0.15, 0.2) is 53.2 Å². The Balaban J connectivity index is 1.90. The summed E-state index contributed by atoms with van der Waals surface area (Å²) < 4.78 is 5.26. The van der Waals surface area contributed by atoms with Crippen molar-refractivity contribution in [1.82, 2.24) is 0 Å². The highest BCUT2D eigenvalue weighted by Gasteiger charge is 2.27. The normalized spacial score (nSPS) is 14.8. The van der Waals surface area contributed by atoms with Crippen molar-refractivity contribution in [3.63, 3.8) is 0 Å². The molecule has 1 heterocycles. The molecule has 0 radical (unpaired) electrons. The van der Waals surface area contributed by atoms with Gasteiger partial charge in [-0.2, -0.15) is 0 Å². The molecule has 28 heavy (non-hydrogen) atoms. The lowest BCUT2D eigenvalue weighted by molar-refractivity contribution is -0.385. The van der Waals surface area contributed by atoms with E-state index in [0.29, 0.717) is 11.1 Å². The van der Waals surface area contributed by atoms with Crippen LogP contribution in [0.1, 0.15) is 30.5 Å². The molecule has 0 aromatic heterocycles. The molecule has 0 saturated carbocycles. The molecule has 7 nitrogen and oxygen atoms in total. The van der Waals surface area contributed by atoms with E-state index < -0.39 is 10.9 Å². The maximum Gasteiger partial charge on any atom is 0.363 e. The van der Waals surface area contributed by atoms with Crippen molar-refractivity contribution in [3.8, 4) is 0 Å². The van der Waals surface area contributed by atoms with Gasteiger partial charge in [0.1, 0.15) is 0 Å². The van der Waals surface area contributed by atoms with Gasteiger partial charge in [-0.1, -0.05) is 18.2 Å². The maximum absolute atomic E-state index is 12.2. The topological polar surface area (TPSA) is 85.0 Å². The number of nitro benzene ring substituents is 1. The van der Waals surface area contributed by atoms with Crippen LogP contribution in [0.4, 0.5) is 11.4 Å².